The summed E-state index contributed by atoms with van der Waals surface area (Å²) < 4.78 is 5.13. The lowest BCUT2D eigenvalue weighted by Gasteiger charge is -2.28. The SMILES string of the molecule is COC(=O)C(=O)c1c(C)sc(Cl)c1C1=CCC(C)(C)CC1. The molecule has 0 aromatic carbocycles. The van der Waals surface area contributed by atoms with E-state index in [2.05, 4.69) is 24.7 Å². The maximum atomic E-state index is 12.2. The molecule has 0 radical (unpaired) electrons. The Hall–Kier alpha value is -1.13. The number of rotatable bonds is 3. The van der Waals surface area contributed by atoms with Gasteiger partial charge in [-0.05, 0) is 37.2 Å². The Morgan fingerprint density at radius 2 is 2.05 bits per heavy atom. The molecule has 3 nitrogen and oxygen atoms in total. The number of hydrogen-bond donors (Lipinski definition) is 0. The number of methoxy groups -OCH3 is 1. The van der Waals surface area contributed by atoms with Crippen LogP contribution in [0.15, 0.2) is 6.08 Å². The van der Waals surface area contributed by atoms with Gasteiger partial charge in [0.1, 0.15) is 4.34 Å². The van der Waals surface area contributed by atoms with Gasteiger partial charge in [0.25, 0.3) is 5.78 Å². The van der Waals surface area contributed by atoms with E-state index in [-0.39, 0.29) is 5.41 Å². The van der Waals surface area contributed by atoms with Gasteiger partial charge in [-0.2, -0.15) is 0 Å². The maximum Gasteiger partial charge on any atom is 0.379 e. The smallest absolute Gasteiger partial charge is 0.379 e. The van der Waals surface area contributed by atoms with E-state index in [1.807, 2.05) is 6.92 Å². The lowest BCUT2D eigenvalue weighted by atomic mass is 9.76. The standard InChI is InChI=1S/C16H19ClO3S/c1-9-11(13(18)15(19)20-4)12(14(17)21-9)10-5-7-16(2,3)8-6-10/h5H,6-8H2,1-4H3. The van der Waals surface area contributed by atoms with Gasteiger partial charge in [0.05, 0.1) is 12.7 Å². The van der Waals surface area contributed by atoms with Gasteiger partial charge in [0.2, 0.25) is 0 Å². The number of aryl methyl sites for hydroxylation is 1. The van der Waals surface area contributed by atoms with E-state index in [9.17, 15) is 9.59 Å². The molecule has 0 aliphatic heterocycles. The topological polar surface area (TPSA) is 43.4 Å². The molecule has 0 saturated carbocycles. The van der Waals surface area contributed by atoms with Gasteiger partial charge in [-0.1, -0.05) is 31.5 Å². The quantitative estimate of drug-likeness (QED) is 0.461. The third-order valence-electron chi connectivity index (χ3n) is 3.93. The van der Waals surface area contributed by atoms with Crippen molar-refractivity contribution in [2.45, 2.75) is 40.0 Å². The first-order valence-corrected chi connectivity index (χ1v) is 8.07. The number of carbonyl (C=O) groups excluding carboxylic acids is 2. The number of ether oxygens (including phenoxy) is 1. The lowest BCUT2D eigenvalue weighted by molar-refractivity contribution is -0.135. The van der Waals surface area contributed by atoms with Crippen LogP contribution in [-0.2, 0) is 9.53 Å². The molecule has 1 aromatic heterocycles. The zero-order valence-electron chi connectivity index (χ0n) is 12.7. The van der Waals surface area contributed by atoms with Crippen LogP contribution in [0.2, 0.25) is 4.34 Å². The van der Waals surface area contributed by atoms with E-state index in [4.69, 9.17) is 11.6 Å². The minimum absolute atomic E-state index is 0.271. The molecular formula is C16H19ClO3S. The summed E-state index contributed by atoms with van der Waals surface area (Å²) in [6, 6.07) is 0. The molecule has 0 N–H and O–H groups in total. The van der Waals surface area contributed by atoms with Crippen molar-refractivity contribution in [2.75, 3.05) is 7.11 Å². The molecule has 1 heterocycles. The Labute approximate surface area is 133 Å². The molecule has 5 heteroatoms. The van der Waals surface area contributed by atoms with Gasteiger partial charge in [-0.15, -0.1) is 11.3 Å². The van der Waals surface area contributed by atoms with Crippen molar-refractivity contribution in [1.29, 1.82) is 0 Å². The zero-order chi connectivity index (χ0) is 15.8. The average molecular weight is 327 g/mol. The normalized spacial score (nSPS) is 17.3. The second-order valence-corrected chi connectivity index (χ2v) is 7.93. The molecule has 0 bridgehead atoms. The number of thiophene rings is 1. The van der Waals surface area contributed by atoms with E-state index in [0.717, 1.165) is 35.3 Å². The van der Waals surface area contributed by atoms with Gasteiger partial charge >= 0.3 is 5.97 Å². The highest BCUT2D eigenvalue weighted by Gasteiger charge is 2.30. The minimum Gasteiger partial charge on any atom is -0.463 e. The summed E-state index contributed by atoms with van der Waals surface area (Å²) in [5.74, 6) is -1.45. The Kier molecular flexibility index (Phi) is 4.59. The molecule has 2 rings (SSSR count). The van der Waals surface area contributed by atoms with Crippen molar-refractivity contribution < 1.29 is 14.3 Å². The number of ketones is 1. The summed E-state index contributed by atoms with van der Waals surface area (Å²) in [4.78, 5) is 24.6. The van der Waals surface area contributed by atoms with Crippen LogP contribution in [0, 0.1) is 12.3 Å². The van der Waals surface area contributed by atoms with Gasteiger partial charge in [-0.3, -0.25) is 4.79 Å². The van der Waals surface area contributed by atoms with Crippen LogP contribution in [0.1, 0.15) is 53.9 Å². The van der Waals surface area contributed by atoms with Gasteiger partial charge in [0.15, 0.2) is 0 Å². The maximum absolute atomic E-state index is 12.2. The Bertz CT molecular complexity index is 626. The van der Waals surface area contributed by atoms with E-state index in [0.29, 0.717) is 9.90 Å². The number of carbonyl (C=O) groups is 2. The molecule has 0 spiro atoms. The molecule has 0 amide bonds. The first-order chi connectivity index (χ1) is 9.76. The molecule has 21 heavy (non-hydrogen) atoms. The summed E-state index contributed by atoms with van der Waals surface area (Å²) in [6.45, 7) is 6.26. The van der Waals surface area contributed by atoms with Crippen LogP contribution >= 0.6 is 22.9 Å². The monoisotopic (exact) mass is 326 g/mol. The predicted molar refractivity (Wildman–Crippen MR) is 86.0 cm³/mol. The van der Waals surface area contributed by atoms with E-state index in [1.165, 1.54) is 18.4 Å². The summed E-state index contributed by atoms with van der Waals surface area (Å²) in [5, 5.41) is 0. The molecule has 0 unspecified atom stereocenters. The first kappa shape index (κ1) is 16.2. The van der Waals surface area contributed by atoms with E-state index < -0.39 is 11.8 Å². The van der Waals surface area contributed by atoms with Gasteiger partial charge in [-0.25, -0.2) is 4.79 Å². The summed E-state index contributed by atoms with van der Waals surface area (Å²) in [7, 11) is 1.21. The van der Waals surface area contributed by atoms with E-state index >= 15 is 0 Å². The number of allylic oxidation sites excluding steroid dienone is 2. The van der Waals surface area contributed by atoms with Crippen molar-refractivity contribution >= 4 is 40.3 Å². The third kappa shape index (κ3) is 3.22. The van der Waals surface area contributed by atoms with Gasteiger partial charge in [0, 0.05) is 10.4 Å². The fourth-order valence-electron chi connectivity index (χ4n) is 2.57. The minimum atomic E-state index is -0.842. The molecule has 1 aromatic rings. The van der Waals surface area contributed by atoms with Crippen molar-refractivity contribution in [2.24, 2.45) is 5.41 Å². The molecule has 114 valence electrons. The van der Waals surface area contributed by atoms with Crippen molar-refractivity contribution in [1.82, 2.24) is 0 Å². The second kappa shape index (κ2) is 5.93. The average Bonchev–Trinajstić information content (AvgIpc) is 2.72. The van der Waals surface area contributed by atoms with Crippen LogP contribution < -0.4 is 0 Å². The molecular weight excluding hydrogens is 308 g/mol. The van der Waals surface area contributed by atoms with Gasteiger partial charge < -0.3 is 4.74 Å². The molecule has 1 aliphatic carbocycles. The highest BCUT2D eigenvalue weighted by atomic mass is 35.5. The first-order valence-electron chi connectivity index (χ1n) is 6.88. The van der Waals surface area contributed by atoms with E-state index in [1.54, 1.807) is 0 Å². The molecule has 0 atom stereocenters. The van der Waals surface area contributed by atoms with Crippen LogP contribution in [0.5, 0.6) is 0 Å². The highest BCUT2D eigenvalue weighted by Crippen LogP contribution is 2.44. The Morgan fingerprint density at radius 3 is 2.57 bits per heavy atom. The van der Waals surface area contributed by atoms with Crippen LogP contribution in [-0.4, -0.2) is 18.9 Å². The van der Waals surface area contributed by atoms with Crippen LogP contribution in [0.4, 0.5) is 0 Å². The molecule has 0 fully saturated rings. The second-order valence-electron chi connectivity index (χ2n) is 6.10. The Balaban J connectivity index is 2.48. The van der Waals surface area contributed by atoms with Crippen molar-refractivity contribution in [3.63, 3.8) is 0 Å². The van der Waals surface area contributed by atoms with Crippen LogP contribution in [0.25, 0.3) is 5.57 Å². The third-order valence-corrected chi connectivity index (χ3v) is 5.25. The molecule has 0 saturated heterocycles. The highest BCUT2D eigenvalue weighted by molar-refractivity contribution is 7.17. The summed E-state index contributed by atoms with van der Waals surface area (Å²) in [6.07, 6.45) is 4.99. The zero-order valence-corrected chi connectivity index (χ0v) is 14.3. The molecule has 1 aliphatic rings. The fourth-order valence-corrected chi connectivity index (χ4v) is 4.03. The number of Topliss-reactive ketones (excluding diaryl/α,β-unsaturated/α-hetero) is 1. The fraction of sp³-hybridized carbons (Fsp3) is 0.500. The predicted octanol–water partition coefficient (Wildman–Crippen LogP) is 4.66. The number of hydrogen-bond acceptors (Lipinski definition) is 4. The number of halogens is 1. The summed E-state index contributed by atoms with van der Waals surface area (Å²) in [5.41, 5.74) is 2.47. The summed E-state index contributed by atoms with van der Waals surface area (Å²) >= 11 is 7.66. The largest absolute Gasteiger partial charge is 0.463 e. The van der Waals surface area contributed by atoms with Crippen molar-refractivity contribution in [3.05, 3.63) is 26.4 Å². The van der Waals surface area contributed by atoms with Crippen molar-refractivity contribution in [3.8, 4) is 0 Å². The van der Waals surface area contributed by atoms with Crippen LogP contribution in [0.3, 0.4) is 0 Å². The Morgan fingerprint density at radius 1 is 1.38 bits per heavy atom. The number of esters is 1. The lowest BCUT2D eigenvalue weighted by Crippen LogP contribution is -2.19.